The third kappa shape index (κ3) is 2.31. The maximum absolute atomic E-state index is 10.2. The molecule has 1 N–H and O–H groups in total. The van der Waals surface area contributed by atoms with E-state index in [4.69, 9.17) is 16.0 Å². The van der Waals surface area contributed by atoms with E-state index in [1.54, 1.807) is 6.92 Å². The normalized spacial score (nSPS) is 23.0. The van der Waals surface area contributed by atoms with Crippen molar-refractivity contribution in [3.05, 3.63) is 40.7 Å². The largest absolute Gasteiger partial charge is 0.408 e. The Morgan fingerprint density at radius 1 is 1.32 bits per heavy atom. The van der Waals surface area contributed by atoms with Gasteiger partial charge in [0.15, 0.2) is 0 Å². The van der Waals surface area contributed by atoms with Gasteiger partial charge in [0.2, 0.25) is 5.89 Å². The molecule has 19 heavy (non-hydrogen) atoms. The van der Waals surface area contributed by atoms with E-state index < -0.39 is 6.10 Å². The molecule has 1 aliphatic heterocycles. The lowest BCUT2D eigenvalue weighted by molar-refractivity contribution is 0.164. The second kappa shape index (κ2) is 4.83. The van der Waals surface area contributed by atoms with Crippen LogP contribution in [-0.2, 0) is 0 Å². The van der Waals surface area contributed by atoms with Crippen LogP contribution in [0.5, 0.6) is 0 Å². The lowest BCUT2D eigenvalue weighted by Gasteiger charge is -2.24. The van der Waals surface area contributed by atoms with Gasteiger partial charge in [0.25, 0.3) is 0 Å². The molecule has 0 radical (unpaired) electrons. The topological polar surface area (TPSA) is 62.4 Å². The first-order chi connectivity index (χ1) is 9.15. The summed E-state index contributed by atoms with van der Waals surface area (Å²) in [4.78, 5) is 1.94. The molecule has 5 nitrogen and oxygen atoms in total. The molecule has 100 valence electrons. The van der Waals surface area contributed by atoms with Gasteiger partial charge in [-0.2, -0.15) is 0 Å². The first-order valence-electron chi connectivity index (χ1n) is 6.15. The molecular weight excluding hydrogens is 266 g/mol. The Labute approximate surface area is 115 Å². The van der Waals surface area contributed by atoms with E-state index >= 15 is 0 Å². The Bertz CT molecular complexity index is 570. The fraction of sp³-hybridized carbons (Fsp3) is 0.385. The summed E-state index contributed by atoms with van der Waals surface area (Å²) in [7, 11) is 0. The Morgan fingerprint density at radius 2 is 2.05 bits per heavy atom. The van der Waals surface area contributed by atoms with Crippen LogP contribution in [-0.4, -0.2) is 28.0 Å². The van der Waals surface area contributed by atoms with Crippen LogP contribution in [0.3, 0.4) is 0 Å². The van der Waals surface area contributed by atoms with Gasteiger partial charge in [-0.05, 0) is 24.1 Å². The van der Waals surface area contributed by atoms with Crippen molar-refractivity contribution in [2.75, 3.05) is 11.4 Å². The molecule has 1 aromatic heterocycles. The van der Waals surface area contributed by atoms with Crippen LogP contribution in [0.2, 0.25) is 5.02 Å². The minimum absolute atomic E-state index is 0.169. The molecule has 1 aromatic carbocycles. The van der Waals surface area contributed by atoms with E-state index in [0.29, 0.717) is 29.9 Å². The maximum Gasteiger partial charge on any atom is 0.318 e. The van der Waals surface area contributed by atoms with Gasteiger partial charge in [-0.3, -0.25) is 0 Å². The van der Waals surface area contributed by atoms with E-state index in [1.165, 1.54) is 0 Å². The SMILES string of the molecule is Cc1nnc(N2CC[C@@H](O)[C@H]2c2ccc(Cl)cc2)o1. The lowest BCUT2D eigenvalue weighted by atomic mass is 10.0. The average Bonchev–Trinajstić information content (AvgIpc) is 2.97. The van der Waals surface area contributed by atoms with E-state index in [1.807, 2.05) is 29.2 Å². The average molecular weight is 280 g/mol. The number of hydrogen-bond donors (Lipinski definition) is 1. The molecule has 0 bridgehead atoms. The molecule has 0 aliphatic carbocycles. The van der Waals surface area contributed by atoms with Crippen LogP contribution in [0.15, 0.2) is 28.7 Å². The standard InChI is InChI=1S/C13H14ClN3O2/c1-8-15-16-13(19-8)17-7-6-11(18)12(17)9-2-4-10(14)5-3-9/h2-5,11-12,18H,6-7H2,1H3/t11-,12-/m1/s1. The van der Waals surface area contributed by atoms with Crippen molar-refractivity contribution in [2.45, 2.75) is 25.5 Å². The number of anilines is 1. The molecule has 1 saturated heterocycles. The number of benzene rings is 1. The Morgan fingerprint density at radius 3 is 2.68 bits per heavy atom. The molecule has 0 unspecified atom stereocenters. The highest BCUT2D eigenvalue weighted by molar-refractivity contribution is 6.30. The maximum atomic E-state index is 10.2. The highest BCUT2D eigenvalue weighted by atomic mass is 35.5. The van der Waals surface area contributed by atoms with Crippen LogP contribution in [0, 0.1) is 6.92 Å². The van der Waals surface area contributed by atoms with Crippen molar-refractivity contribution < 1.29 is 9.52 Å². The lowest BCUT2D eigenvalue weighted by Crippen LogP contribution is -2.27. The van der Waals surface area contributed by atoms with E-state index in [0.717, 1.165) is 5.56 Å². The number of halogens is 1. The third-order valence-corrected chi connectivity index (χ3v) is 3.59. The molecule has 2 atom stereocenters. The predicted molar refractivity (Wildman–Crippen MR) is 71.2 cm³/mol. The molecule has 1 aliphatic rings. The zero-order chi connectivity index (χ0) is 13.4. The summed E-state index contributed by atoms with van der Waals surface area (Å²) in [6.45, 7) is 2.44. The minimum atomic E-state index is -0.451. The number of hydrogen-bond acceptors (Lipinski definition) is 5. The van der Waals surface area contributed by atoms with Crippen molar-refractivity contribution in [3.8, 4) is 0 Å². The highest BCUT2D eigenvalue weighted by Crippen LogP contribution is 2.36. The van der Waals surface area contributed by atoms with Gasteiger partial charge in [0.1, 0.15) is 0 Å². The van der Waals surface area contributed by atoms with Crippen LogP contribution < -0.4 is 4.90 Å². The number of nitrogens with zero attached hydrogens (tertiary/aromatic N) is 3. The van der Waals surface area contributed by atoms with Crippen molar-refractivity contribution in [2.24, 2.45) is 0 Å². The van der Waals surface area contributed by atoms with Gasteiger partial charge in [-0.25, -0.2) is 0 Å². The summed E-state index contributed by atoms with van der Waals surface area (Å²) in [6, 6.07) is 7.75. The van der Waals surface area contributed by atoms with Crippen molar-refractivity contribution >= 4 is 17.6 Å². The zero-order valence-electron chi connectivity index (χ0n) is 10.5. The van der Waals surface area contributed by atoms with Crippen LogP contribution >= 0.6 is 11.6 Å². The van der Waals surface area contributed by atoms with Gasteiger partial charge < -0.3 is 14.4 Å². The number of aliphatic hydroxyl groups is 1. The van der Waals surface area contributed by atoms with Crippen molar-refractivity contribution in [3.63, 3.8) is 0 Å². The molecule has 1 fully saturated rings. The predicted octanol–water partition coefficient (Wildman–Crippen LogP) is 2.34. The smallest absolute Gasteiger partial charge is 0.318 e. The molecule has 2 heterocycles. The fourth-order valence-corrected chi connectivity index (χ4v) is 2.58. The van der Waals surface area contributed by atoms with Crippen LogP contribution in [0.25, 0.3) is 0 Å². The van der Waals surface area contributed by atoms with E-state index in [2.05, 4.69) is 10.2 Å². The summed E-state index contributed by atoms with van der Waals surface area (Å²) in [5.41, 5.74) is 0.991. The third-order valence-electron chi connectivity index (χ3n) is 3.34. The zero-order valence-corrected chi connectivity index (χ0v) is 11.2. The Balaban J connectivity index is 1.94. The van der Waals surface area contributed by atoms with Gasteiger partial charge in [-0.15, -0.1) is 5.10 Å². The van der Waals surface area contributed by atoms with Crippen molar-refractivity contribution in [1.29, 1.82) is 0 Å². The molecular formula is C13H14ClN3O2. The van der Waals surface area contributed by atoms with Gasteiger partial charge in [0.05, 0.1) is 12.1 Å². The Hall–Kier alpha value is -1.59. The molecule has 0 spiro atoms. The quantitative estimate of drug-likeness (QED) is 0.914. The number of aliphatic hydroxyl groups excluding tert-OH is 1. The monoisotopic (exact) mass is 279 g/mol. The molecule has 3 rings (SSSR count). The second-order valence-corrected chi connectivity index (χ2v) is 5.09. The first-order valence-corrected chi connectivity index (χ1v) is 6.53. The highest BCUT2D eigenvalue weighted by Gasteiger charge is 2.36. The fourth-order valence-electron chi connectivity index (χ4n) is 2.45. The molecule has 0 saturated carbocycles. The second-order valence-electron chi connectivity index (χ2n) is 4.65. The van der Waals surface area contributed by atoms with Crippen molar-refractivity contribution in [1.82, 2.24) is 10.2 Å². The van der Waals surface area contributed by atoms with Crippen LogP contribution in [0.1, 0.15) is 23.9 Å². The summed E-state index contributed by atoms with van der Waals surface area (Å²) in [6.07, 6.45) is 0.225. The summed E-state index contributed by atoms with van der Waals surface area (Å²) >= 11 is 5.89. The molecule has 0 amide bonds. The van der Waals surface area contributed by atoms with Gasteiger partial charge >= 0.3 is 6.01 Å². The van der Waals surface area contributed by atoms with Crippen LogP contribution in [0.4, 0.5) is 6.01 Å². The minimum Gasteiger partial charge on any atom is -0.408 e. The van der Waals surface area contributed by atoms with E-state index in [-0.39, 0.29) is 6.04 Å². The Kier molecular flexibility index (Phi) is 3.16. The van der Waals surface area contributed by atoms with E-state index in [9.17, 15) is 5.11 Å². The number of aromatic nitrogens is 2. The summed E-state index contributed by atoms with van der Waals surface area (Å²) < 4.78 is 5.46. The summed E-state index contributed by atoms with van der Waals surface area (Å²) in [5, 5.41) is 18.7. The first kappa shape index (κ1) is 12.4. The number of rotatable bonds is 2. The number of aryl methyl sites for hydroxylation is 1. The van der Waals surface area contributed by atoms with Gasteiger partial charge in [0, 0.05) is 18.5 Å². The van der Waals surface area contributed by atoms with Gasteiger partial charge in [-0.1, -0.05) is 28.8 Å². The summed E-state index contributed by atoms with van der Waals surface area (Å²) in [5.74, 6) is 0.520. The molecule has 2 aromatic rings. The molecule has 6 heteroatoms.